The molecule has 0 aromatic heterocycles. The minimum absolute atomic E-state index is 0.00914. The Balaban J connectivity index is 3.16. The van der Waals surface area contributed by atoms with E-state index < -0.39 is 28.5 Å². The van der Waals surface area contributed by atoms with Gasteiger partial charge in [-0.1, -0.05) is 0 Å². The van der Waals surface area contributed by atoms with Crippen molar-refractivity contribution in [2.45, 2.75) is 4.90 Å². The van der Waals surface area contributed by atoms with Crippen LogP contribution in [0.2, 0.25) is 0 Å². The van der Waals surface area contributed by atoms with Gasteiger partial charge in [-0.15, -0.1) is 0 Å². The van der Waals surface area contributed by atoms with Crippen LogP contribution in [-0.2, 0) is 19.6 Å². The van der Waals surface area contributed by atoms with E-state index in [2.05, 4.69) is 20.7 Å². The fraction of sp³-hybridized carbons (Fsp3) is 0.273. The molecule has 0 saturated heterocycles. The lowest BCUT2D eigenvalue weighted by Gasteiger charge is -2.13. The van der Waals surface area contributed by atoms with Gasteiger partial charge in [-0.05, 0) is 34.1 Å². The van der Waals surface area contributed by atoms with Gasteiger partial charge in [0.1, 0.15) is 0 Å². The molecule has 1 amide bonds. The van der Waals surface area contributed by atoms with Crippen LogP contribution in [0.4, 0.5) is 0 Å². The lowest BCUT2D eigenvalue weighted by atomic mass is 10.2. The molecule has 0 spiro atoms. The second kappa shape index (κ2) is 6.33. The van der Waals surface area contributed by atoms with E-state index in [1.54, 1.807) is 0 Å². The number of sulfonamides is 1. The van der Waals surface area contributed by atoms with Crippen molar-refractivity contribution in [3.05, 3.63) is 28.2 Å². The topological polar surface area (TPSA) is 107 Å². The standard InChI is InChI=1S/C11H13BrN2O5S/c1-14(2)20(17,18)9-5-7(3-4-8(9)12)11(16)19-6-10(13)15/h3-5H,6H2,1-2H3,(H2,13,15). The molecular weight excluding hydrogens is 352 g/mol. The van der Waals surface area contributed by atoms with Crippen molar-refractivity contribution in [1.29, 1.82) is 0 Å². The van der Waals surface area contributed by atoms with Crippen LogP contribution >= 0.6 is 15.9 Å². The Morgan fingerprint density at radius 1 is 1.35 bits per heavy atom. The first kappa shape index (κ1) is 16.6. The van der Waals surface area contributed by atoms with Crippen LogP contribution in [0.1, 0.15) is 10.4 Å². The summed E-state index contributed by atoms with van der Waals surface area (Å²) in [6.07, 6.45) is 0. The zero-order chi connectivity index (χ0) is 15.5. The van der Waals surface area contributed by atoms with Crippen LogP contribution in [0.3, 0.4) is 0 Å². The Morgan fingerprint density at radius 3 is 2.45 bits per heavy atom. The number of esters is 1. The summed E-state index contributed by atoms with van der Waals surface area (Å²) >= 11 is 3.11. The van der Waals surface area contributed by atoms with E-state index >= 15 is 0 Å². The normalized spacial score (nSPS) is 11.4. The summed E-state index contributed by atoms with van der Waals surface area (Å²) in [5, 5.41) is 0. The Labute approximate surface area is 124 Å². The molecule has 9 heteroatoms. The largest absolute Gasteiger partial charge is 0.452 e. The Kier molecular flexibility index (Phi) is 5.26. The predicted octanol–water partition coefficient (Wildman–Crippen LogP) is 0.342. The van der Waals surface area contributed by atoms with Gasteiger partial charge < -0.3 is 10.5 Å². The Morgan fingerprint density at radius 2 is 1.95 bits per heavy atom. The van der Waals surface area contributed by atoms with Gasteiger partial charge in [-0.2, -0.15) is 0 Å². The number of carbonyl (C=O) groups excluding carboxylic acids is 2. The highest BCUT2D eigenvalue weighted by molar-refractivity contribution is 9.10. The fourth-order valence-corrected chi connectivity index (χ4v) is 3.09. The van der Waals surface area contributed by atoms with Crippen molar-refractivity contribution >= 4 is 37.8 Å². The molecule has 2 N–H and O–H groups in total. The van der Waals surface area contributed by atoms with E-state index in [1.807, 2.05) is 0 Å². The smallest absolute Gasteiger partial charge is 0.338 e. The molecule has 7 nitrogen and oxygen atoms in total. The highest BCUT2D eigenvalue weighted by Crippen LogP contribution is 2.25. The van der Waals surface area contributed by atoms with Gasteiger partial charge in [0.2, 0.25) is 10.0 Å². The molecule has 0 fully saturated rings. The Bertz CT molecular complexity index is 642. The molecule has 0 radical (unpaired) electrons. The molecule has 0 aliphatic heterocycles. The average molecular weight is 365 g/mol. The third kappa shape index (κ3) is 3.78. The molecule has 20 heavy (non-hydrogen) atoms. The van der Waals surface area contributed by atoms with Crippen molar-refractivity contribution in [2.24, 2.45) is 5.73 Å². The quantitative estimate of drug-likeness (QED) is 0.758. The third-order valence-electron chi connectivity index (χ3n) is 2.27. The molecule has 1 rings (SSSR count). The van der Waals surface area contributed by atoms with Crippen molar-refractivity contribution in [2.75, 3.05) is 20.7 Å². The van der Waals surface area contributed by atoms with E-state index in [0.717, 1.165) is 4.31 Å². The summed E-state index contributed by atoms with van der Waals surface area (Å²) in [4.78, 5) is 22.1. The van der Waals surface area contributed by atoms with Crippen LogP contribution in [0.15, 0.2) is 27.6 Å². The average Bonchev–Trinajstić information content (AvgIpc) is 2.35. The van der Waals surface area contributed by atoms with E-state index in [4.69, 9.17) is 5.73 Å². The fourth-order valence-electron chi connectivity index (χ4n) is 1.24. The first-order valence-electron chi connectivity index (χ1n) is 5.33. The molecule has 1 aromatic carbocycles. The Hall–Kier alpha value is -1.45. The van der Waals surface area contributed by atoms with E-state index in [1.165, 1.54) is 32.3 Å². The number of hydrogen-bond donors (Lipinski definition) is 1. The summed E-state index contributed by atoms with van der Waals surface area (Å²) in [7, 11) is -0.958. The molecule has 0 heterocycles. The van der Waals surface area contributed by atoms with Gasteiger partial charge in [-0.25, -0.2) is 17.5 Å². The van der Waals surface area contributed by atoms with Crippen molar-refractivity contribution in [3.8, 4) is 0 Å². The number of nitrogens with two attached hydrogens (primary N) is 1. The van der Waals surface area contributed by atoms with Crippen LogP contribution < -0.4 is 5.73 Å². The number of ether oxygens (including phenoxy) is 1. The number of amides is 1. The number of halogens is 1. The number of nitrogens with zero attached hydrogens (tertiary/aromatic N) is 1. The molecule has 110 valence electrons. The molecule has 0 saturated carbocycles. The molecule has 0 unspecified atom stereocenters. The number of hydrogen-bond acceptors (Lipinski definition) is 5. The second-order valence-corrected chi connectivity index (χ2v) is 6.95. The summed E-state index contributed by atoms with van der Waals surface area (Å²) in [5.74, 6) is -1.62. The number of benzene rings is 1. The van der Waals surface area contributed by atoms with Gasteiger partial charge in [-0.3, -0.25) is 4.79 Å². The molecule has 0 aliphatic carbocycles. The van der Waals surface area contributed by atoms with Gasteiger partial charge in [0.05, 0.1) is 10.5 Å². The van der Waals surface area contributed by atoms with E-state index in [9.17, 15) is 18.0 Å². The van der Waals surface area contributed by atoms with Crippen LogP contribution in [-0.4, -0.2) is 45.3 Å². The summed E-state index contributed by atoms with van der Waals surface area (Å²) in [6.45, 7) is -0.565. The SMILES string of the molecule is CN(C)S(=O)(=O)c1cc(C(=O)OCC(N)=O)ccc1Br. The van der Waals surface area contributed by atoms with Crippen LogP contribution in [0.25, 0.3) is 0 Å². The maximum atomic E-state index is 12.1. The lowest BCUT2D eigenvalue weighted by Crippen LogP contribution is -2.23. The van der Waals surface area contributed by atoms with Gasteiger partial charge in [0.15, 0.2) is 6.61 Å². The monoisotopic (exact) mass is 364 g/mol. The molecule has 0 atom stereocenters. The molecule has 0 aliphatic rings. The zero-order valence-electron chi connectivity index (χ0n) is 10.8. The first-order valence-corrected chi connectivity index (χ1v) is 7.57. The van der Waals surface area contributed by atoms with E-state index in [-0.39, 0.29) is 10.5 Å². The molecule has 1 aromatic rings. The molecule has 0 bridgehead atoms. The number of carbonyl (C=O) groups is 2. The summed E-state index contributed by atoms with van der Waals surface area (Å²) < 4.78 is 30.1. The lowest BCUT2D eigenvalue weighted by molar-refractivity contribution is -0.121. The first-order chi connectivity index (χ1) is 9.16. The summed E-state index contributed by atoms with van der Waals surface area (Å²) in [5.41, 5.74) is 4.86. The third-order valence-corrected chi connectivity index (χ3v) is 5.08. The number of primary amides is 1. The van der Waals surface area contributed by atoms with Gasteiger partial charge in [0, 0.05) is 18.6 Å². The maximum Gasteiger partial charge on any atom is 0.338 e. The zero-order valence-corrected chi connectivity index (χ0v) is 13.2. The van der Waals surface area contributed by atoms with Crippen molar-refractivity contribution < 1.29 is 22.7 Å². The molecular formula is C11H13BrN2O5S. The summed E-state index contributed by atoms with van der Waals surface area (Å²) in [6, 6.07) is 3.96. The predicted molar refractivity (Wildman–Crippen MR) is 74.5 cm³/mol. The highest BCUT2D eigenvalue weighted by Gasteiger charge is 2.22. The van der Waals surface area contributed by atoms with Gasteiger partial charge >= 0.3 is 5.97 Å². The van der Waals surface area contributed by atoms with Crippen molar-refractivity contribution in [1.82, 2.24) is 4.31 Å². The van der Waals surface area contributed by atoms with E-state index in [0.29, 0.717) is 4.47 Å². The van der Waals surface area contributed by atoms with Crippen LogP contribution in [0.5, 0.6) is 0 Å². The van der Waals surface area contributed by atoms with Gasteiger partial charge in [0.25, 0.3) is 5.91 Å². The minimum Gasteiger partial charge on any atom is -0.452 e. The second-order valence-electron chi connectivity index (χ2n) is 3.98. The highest BCUT2D eigenvalue weighted by atomic mass is 79.9. The van der Waals surface area contributed by atoms with Crippen molar-refractivity contribution in [3.63, 3.8) is 0 Å². The maximum absolute atomic E-state index is 12.1. The van der Waals surface area contributed by atoms with Crippen LogP contribution in [0, 0.1) is 0 Å². The minimum atomic E-state index is -3.71. The number of rotatable bonds is 5.